The van der Waals surface area contributed by atoms with Gasteiger partial charge in [-0.05, 0) is 40.8 Å². The van der Waals surface area contributed by atoms with Gasteiger partial charge < -0.3 is 0 Å². The summed E-state index contributed by atoms with van der Waals surface area (Å²) in [5.74, 6) is 0. The van der Waals surface area contributed by atoms with E-state index >= 15 is 0 Å². The summed E-state index contributed by atoms with van der Waals surface area (Å²) >= 11 is 7.48. The fraction of sp³-hybridized carbons (Fsp3) is 0.100. The highest BCUT2D eigenvalue weighted by Gasteiger charge is 2.05. The summed E-state index contributed by atoms with van der Waals surface area (Å²) in [5.41, 5.74) is 0. The van der Waals surface area contributed by atoms with E-state index in [0.29, 0.717) is 6.42 Å². The van der Waals surface area contributed by atoms with Crippen molar-refractivity contribution in [1.29, 1.82) is 5.26 Å². The monoisotopic (exact) mass is 377 g/mol. The van der Waals surface area contributed by atoms with Crippen LogP contribution >= 0.6 is 49.9 Å². The molecular weight excluding hydrogens is 373 g/mol. The van der Waals surface area contributed by atoms with E-state index in [1.807, 2.05) is 0 Å². The van der Waals surface area contributed by atoms with Gasteiger partial charge in [-0.1, -0.05) is 15.9 Å². The molecule has 0 aliphatic heterocycles. The van der Waals surface area contributed by atoms with Crippen LogP contribution in [0, 0.1) is 14.9 Å². The Hall–Kier alpha value is -0.120. The zero-order valence-electron chi connectivity index (χ0n) is 7.05. The number of nitriles is 1. The van der Waals surface area contributed by atoms with E-state index in [0.717, 1.165) is 9.35 Å². The van der Waals surface area contributed by atoms with Gasteiger partial charge in [0.25, 0.3) is 0 Å². The summed E-state index contributed by atoms with van der Waals surface area (Å²) in [5, 5.41) is 9.87. The van der Waals surface area contributed by atoms with Crippen molar-refractivity contribution in [2.45, 2.75) is 6.42 Å². The Morgan fingerprint density at radius 2 is 2.21 bits per heavy atom. The van der Waals surface area contributed by atoms with Crippen molar-refractivity contribution in [3.05, 3.63) is 31.1 Å². The topological polar surface area (TPSA) is 23.8 Å². The summed E-state index contributed by atoms with van der Waals surface area (Å²) in [6.45, 7) is 0. The standard InChI is InChI=1S/C10H5BrINS/c11-6-3-9(12)8-5-7(1-2-13)14-10(8)4-6/h3-5H,1H2. The molecule has 0 bridgehead atoms. The normalized spacial score (nSPS) is 10.4. The Morgan fingerprint density at radius 1 is 1.43 bits per heavy atom. The third kappa shape index (κ3) is 1.95. The fourth-order valence-corrected chi connectivity index (χ4v) is 4.35. The third-order valence-corrected chi connectivity index (χ3v) is 4.29. The molecule has 0 saturated carbocycles. The van der Waals surface area contributed by atoms with Crippen LogP contribution in [0.25, 0.3) is 10.1 Å². The Balaban J connectivity index is 2.66. The van der Waals surface area contributed by atoms with E-state index in [-0.39, 0.29) is 0 Å². The summed E-state index contributed by atoms with van der Waals surface area (Å²) in [6, 6.07) is 8.47. The Labute approximate surface area is 108 Å². The molecule has 0 aliphatic rings. The number of rotatable bonds is 1. The van der Waals surface area contributed by atoms with Crippen LogP contribution < -0.4 is 0 Å². The third-order valence-electron chi connectivity index (χ3n) is 1.86. The van der Waals surface area contributed by atoms with Crippen LogP contribution in [0.1, 0.15) is 4.88 Å². The predicted octanol–water partition coefficient (Wildman–Crippen LogP) is 4.33. The minimum absolute atomic E-state index is 0.507. The highest BCUT2D eigenvalue weighted by atomic mass is 127. The molecule has 2 rings (SSSR count). The van der Waals surface area contributed by atoms with Crippen molar-refractivity contribution in [2.75, 3.05) is 0 Å². The molecule has 0 N–H and O–H groups in total. The first kappa shape index (κ1) is 10.4. The number of nitrogens with zero attached hydrogens (tertiary/aromatic N) is 1. The molecule has 0 aliphatic carbocycles. The van der Waals surface area contributed by atoms with Crippen LogP contribution in [0.15, 0.2) is 22.7 Å². The maximum Gasteiger partial charge on any atom is 0.0696 e. The summed E-state index contributed by atoms with van der Waals surface area (Å²) < 4.78 is 3.57. The number of thiophene rings is 1. The van der Waals surface area contributed by atoms with E-state index in [9.17, 15) is 0 Å². The molecule has 1 heterocycles. The summed E-state index contributed by atoms with van der Waals surface area (Å²) in [7, 11) is 0. The minimum Gasteiger partial charge on any atom is -0.198 e. The molecule has 1 aromatic carbocycles. The lowest BCUT2D eigenvalue weighted by Crippen LogP contribution is -1.72. The van der Waals surface area contributed by atoms with E-state index in [2.05, 4.69) is 62.8 Å². The van der Waals surface area contributed by atoms with Gasteiger partial charge in [-0.15, -0.1) is 11.3 Å². The number of hydrogen-bond acceptors (Lipinski definition) is 2. The zero-order chi connectivity index (χ0) is 10.1. The Morgan fingerprint density at radius 3 is 2.93 bits per heavy atom. The molecule has 1 nitrogen and oxygen atoms in total. The van der Waals surface area contributed by atoms with Crippen LogP contribution in [0.3, 0.4) is 0 Å². The number of benzene rings is 1. The van der Waals surface area contributed by atoms with Crippen molar-refractivity contribution in [1.82, 2.24) is 0 Å². The van der Waals surface area contributed by atoms with Gasteiger partial charge in [0.05, 0.1) is 12.5 Å². The molecular formula is C10H5BrINS. The van der Waals surface area contributed by atoms with Crippen molar-refractivity contribution in [3.8, 4) is 6.07 Å². The van der Waals surface area contributed by atoms with Gasteiger partial charge in [0.1, 0.15) is 0 Å². The molecule has 0 radical (unpaired) electrons. The average Bonchev–Trinajstić information content (AvgIpc) is 2.48. The van der Waals surface area contributed by atoms with Gasteiger partial charge >= 0.3 is 0 Å². The summed E-state index contributed by atoms with van der Waals surface area (Å²) in [4.78, 5) is 1.14. The first-order valence-electron chi connectivity index (χ1n) is 3.95. The number of hydrogen-bond donors (Lipinski definition) is 0. The second kappa shape index (κ2) is 4.17. The molecule has 14 heavy (non-hydrogen) atoms. The van der Waals surface area contributed by atoms with Gasteiger partial charge in [0.15, 0.2) is 0 Å². The lowest BCUT2D eigenvalue weighted by atomic mass is 10.2. The lowest BCUT2D eigenvalue weighted by molar-refractivity contribution is 1.32. The van der Waals surface area contributed by atoms with Gasteiger partial charge in [-0.2, -0.15) is 5.26 Å². The van der Waals surface area contributed by atoms with Crippen LogP contribution in [0.4, 0.5) is 0 Å². The van der Waals surface area contributed by atoms with E-state index in [1.165, 1.54) is 13.7 Å². The van der Waals surface area contributed by atoms with E-state index in [4.69, 9.17) is 5.26 Å². The molecule has 0 spiro atoms. The highest BCUT2D eigenvalue weighted by molar-refractivity contribution is 14.1. The van der Waals surface area contributed by atoms with Crippen molar-refractivity contribution in [2.24, 2.45) is 0 Å². The molecule has 0 saturated heterocycles. The van der Waals surface area contributed by atoms with Gasteiger partial charge in [0.2, 0.25) is 0 Å². The van der Waals surface area contributed by atoms with E-state index < -0.39 is 0 Å². The van der Waals surface area contributed by atoms with E-state index in [1.54, 1.807) is 11.3 Å². The molecule has 1 aromatic heterocycles. The van der Waals surface area contributed by atoms with Crippen LogP contribution in [-0.4, -0.2) is 0 Å². The van der Waals surface area contributed by atoms with Crippen LogP contribution in [-0.2, 0) is 6.42 Å². The molecule has 0 amide bonds. The Kier molecular flexibility index (Phi) is 3.10. The molecule has 70 valence electrons. The minimum atomic E-state index is 0.507. The van der Waals surface area contributed by atoms with Crippen LogP contribution in [0.5, 0.6) is 0 Å². The largest absolute Gasteiger partial charge is 0.198 e. The Bertz CT molecular complexity index is 527. The van der Waals surface area contributed by atoms with Gasteiger partial charge in [-0.25, -0.2) is 0 Å². The summed E-state index contributed by atoms with van der Waals surface area (Å²) in [6.07, 6.45) is 0.507. The molecule has 4 heteroatoms. The van der Waals surface area contributed by atoms with Crippen molar-refractivity contribution >= 4 is 59.9 Å². The predicted molar refractivity (Wildman–Crippen MR) is 71.6 cm³/mol. The fourth-order valence-electron chi connectivity index (χ4n) is 1.28. The lowest BCUT2D eigenvalue weighted by Gasteiger charge is -1.94. The smallest absolute Gasteiger partial charge is 0.0696 e. The maximum absolute atomic E-state index is 8.61. The first-order valence-corrected chi connectivity index (χ1v) is 6.64. The molecule has 0 unspecified atom stereocenters. The second-order valence-electron chi connectivity index (χ2n) is 2.85. The number of fused-ring (bicyclic) bond motifs is 1. The molecule has 0 atom stereocenters. The van der Waals surface area contributed by atoms with Gasteiger partial charge in [0, 0.05) is 23.0 Å². The van der Waals surface area contributed by atoms with Crippen molar-refractivity contribution in [3.63, 3.8) is 0 Å². The highest BCUT2D eigenvalue weighted by Crippen LogP contribution is 2.32. The first-order chi connectivity index (χ1) is 6.70. The quantitative estimate of drug-likeness (QED) is 0.678. The average molecular weight is 378 g/mol. The van der Waals surface area contributed by atoms with Crippen molar-refractivity contribution < 1.29 is 0 Å². The maximum atomic E-state index is 8.61. The zero-order valence-corrected chi connectivity index (χ0v) is 11.6. The molecule has 2 aromatic rings. The SMILES string of the molecule is N#CCc1cc2c(I)cc(Br)cc2s1. The van der Waals surface area contributed by atoms with Crippen LogP contribution in [0.2, 0.25) is 0 Å². The number of halogens is 2. The van der Waals surface area contributed by atoms with Gasteiger partial charge in [-0.3, -0.25) is 0 Å². The molecule has 0 fully saturated rings. The second-order valence-corrected chi connectivity index (χ2v) is 6.09.